The SMILES string of the molecule is COc1cc(C2CCN(Cc3ccccc3)c3ccccc3S2)cc(OC)c1OC. The molecule has 0 fully saturated rings. The van der Waals surface area contributed by atoms with Crippen molar-refractivity contribution >= 4 is 17.4 Å². The van der Waals surface area contributed by atoms with Crippen molar-refractivity contribution in [2.75, 3.05) is 32.8 Å². The van der Waals surface area contributed by atoms with E-state index in [1.807, 2.05) is 11.8 Å². The van der Waals surface area contributed by atoms with E-state index < -0.39 is 0 Å². The third kappa shape index (κ3) is 4.21. The van der Waals surface area contributed by atoms with Crippen molar-refractivity contribution in [1.82, 2.24) is 0 Å². The molecule has 0 N–H and O–H groups in total. The molecule has 1 atom stereocenters. The van der Waals surface area contributed by atoms with E-state index in [9.17, 15) is 0 Å². The molecule has 0 saturated carbocycles. The quantitative estimate of drug-likeness (QED) is 0.490. The van der Waals surface area contributed by atoms with Crippen LogP contribution in [-0.2, 0) is 6.54 Å². The number of thioether (sulfide) groups is 1. The summed E-state index contributed by atoms with van der Waals surface area (Å²) in [5, 5.41) is 0.292. The van der Waals surface area contributed by atoms with Gasteiger partial charge in [0.2, 0.25) is 5.75 Å². The van der Waals surface area contributed by atoms with Crippen molar-refractivity contribution in [3.05, 3.63) is 77.9 Å². The first-order valence-electron chi connectivity index (χ1n) is 10.1. The molecule has 1 unspecified atom stereocenters. The van der Waals surface area contributed by atoms with E-state index >= 15 is 0 Å². The molecule has 3 aromatic carbocycles. The number of nitrogens with zero attached hydrogens (tertiary/aromatic N) is 1. The lowest BCUT2D eigenvalue weighted by Crippen LogP contribution is -2.23. The number of ether oxygens (including phenoxy) is 3. The maximum Gasteiger partial charge on any atom is 0.203 e. The summed E-state index contributed by atoms with van der Waals surface area (Å²) in [4.78, 5) is 3.78. The van der Waals surface area contributed by atoms with E-state index in [0.717, 1.165) is 19.5 Å². The Balaban J connectivity index is 1.67. The third-order valence-corrected chi connectivity index (χ3v) is 6.80. The Kier molecular flexibility index (Phi) is 6.38. The van der Waals surface area contributed by atoms with Crippen LogP contribution in [-0.4, -0.2) is 27.9 Å². The number of fused-ring (bicyclic) bond motifs is 1. The van der Waals surface area contributed by atoms with Crippen LogP contribution < -0.4 is 19.1 Å². The summed E-state index contributed by atoms with van der Waals surface area (Å²) >= 11 is 1.90. The summed E-state index contributed by atoms with van der Waals surface area (Å²) in [6, 6.07) is 23.5. The largest absolute Gasteiger partial charge is 0.493 e. The molecule has 156 valence electrons. The Labute approximate surface area is 182 Å². The molecule has 0 aliphatic carbocycles. The summed E-state index contributed by atoms with van der Waals surface area (Å²) in [7, 11) is 4.97. The Bertz CT molecular complexity index is 968. The first kappa shape index (κ1) is 20.5. The standard InChI is InChI=1S/C25H27NO3S/c1-27-21-15-19(16-22(28-2)25(21)29-3)23-13-14-26(17-18-9-5-4-6-10-18)20-11-7-8-12-24(20)30-23/h4-12,15-16,23H,13-14,17H2,1-3H3. The fourth-order valence-corrected chi connectivity index (χ4v) is 5.19. The molecule has 0 saturated heterocycles. The number of benzene rings is 3. The Morgan fingerprint density at radius 3 is 2.20 bits per heavy atom. The monoisotopic (exact) mass is 421 g/mol. The first-order chi connectivity index (χ1) is 14.7. The zero-order chi connectivity index (χ0) is 20.9. The van der Waals surface area contributed by atoms with Crippen LogP contribution in [0, 0.1) is 0 Å². The molecular weight excluding hydrogens is 394 g/mol. The van der Waals surface area contributed by atoms with Crippen LogP contribution in [0.25, 0.3) is 0 Å². The van der Waals surface area contributed by atoms with Crippen molar-refractivity contribution in [2.45, 2.75) is 23.1 Å². The van der Waals surface area contributed by atoms with Crippen molar-refractivity contribution < 1.29 is 14.2 Å². The highest BCUT2D eigenvalue weighted by molar-refractivity contribution is 7.99. The third-order valence-electron chi connectivity index (χ3n) is 5.41. The molecule has 4 rings (SSSR count). The topological polar surface area (TPSA) is 30.9 Å². The van der Waals surface area contributed by atoms with Crippen LogP contribution in [0.15, 0.2) is 71.6 Å². The lowest BCUT2D eigenvalue weighted by atomic mass is 10.1. The molecule has 4 nitrogen and oxygen atoms in total. The lowest BCUT2D eigenvalue weighted by molar-refractivity contribution is 0.323. The normalized spacial score (nSPS) is 15.8. The number of anilines is 1. The van der Waals surface area contributed by atoms with Crippen LogP contribution in [0.4, 0.5) is 5.69 Å². The van der Waals surface area contributed by atoms with Crippen LogP contribution in [0.2, 0.25) is 0 Å². The van der Waals surface area contributed by atoms with E-state index in [4.69, 9.17) is 14.2 Å². The highest BCUT2D eigenvalue weighted by atomic mass is 32.2. The summed E-state index contributed by atoms with van der Waals surface area (Å²) in [6.07, 6.45) is 1.02. The number of hydrogen-bond acceptors (Lipinski definition) is 5. The number of rotatable bonds is 6. The fourth-order valence-electron chi connectivity index (χ4n) is 3.91. The van der Waals surface area contributed by atoms with Crippen LogP contribution in [0.3, 0.4) is 0 Å². The molecule has 3 aromatic rings. The minimum Gasteiger partial charge on any atom is -0.493 e. The van der Waals surface area contributed by atoms with Gasteiger partial charge in [0.25, 0.3) is 0 Å². The molecule has 0 amide bonds. The first-order valence-corrected chi connectivity index (χ1v) is 11.0. The van der Waals surface area contributed by atoms with Crippen molar-refractivity contribution in [2.24, 2.45) is 0 Å². The second kappa shape index (κ2) is 9.35. The van der Waals surface area contributed by atoms with Crippen LogP contribution in [0.5, 0.6) is 17.2 Å². The second-order valence-electron chi connectivity index (χ2n) is 7.23. The van der Waals surface area contributed by atoms with Gasteiger partial charge in [0, 0.05) is 23.2 Å². The highest BCUT2D eigenvalue weighted by Crippen LogP contribution is 2.48. The lowest BCUT2D eigenvalue weighted by Gasteiger charge is -2.24. The summed E-state index contributed by atoms with van der Waals surface area (Å²) in [5.74, 6) is 2.03. The highest BCUT2D eigenvalue weighted by Gasteiger charge is 2.25. The maximum absolute atomic E-state index is 5.59. The van der Waals surface area contributed by atoms with Gasteiger partial charge in [-0.1, -0.05) is 42.5 Å². The minimum absolute atomic E-state index is 0.292. The van der Waals surface area contributed by atoms with Gasteiger partial charge in [0.05, 0.1) is 27.0 Å². The van der Waals surface area contributed by atoms with E-state index in [1.54, 1.807) is 21.3 Å². The smallest absolute Gasteiger partial charge is 0.203 e. The summed E-state index contributed by atoms with van der Waals surface area (Å²) in [5.41, 5.74) is 3.80. The molecule has 30 heavy (non-hydrogen) atoms. The molecule has 1 aliphatic heterocycles. The summed E-state index contributed by atoms with van der Waals surface area (Å²) < 4.78 is 16.7. The van der Waals surface area contributed by atoms with Gasteiger partial charge >= 0.3 is 0 Å². The number of para-hydroxylation sites is 1. The average molecular weight is 422 g/mol. The fraction of sp³-hybridized carbons (Fsp3) is 0.280. The molecule has 0 aromatic heterocycles. The number of methoxy groups -OCH3 is 3. The molecule has 1 aliphatic rings. The van der Waals surface area contributed by atoms with Gasteiger partial charge in [-0.15, -0.1) is 11.8 Å². The molecule has 5 heteroatoms. The zero-order valence-corrected chi connectivity index (χ0v) is 18.4. The molecule has 0 bridgehead atoms. The zero-order valence-electron chi connectivity index (χ0n) is 17.6. The molecule has 0 radical (unpaired) electrons. The number of hydrogen-bond donors (Lipinski definition) is 0. The molecular formula is C25H27NO3S. The maximum atomic E-state index is 5.59. The van der Waals surface area contributed by atoms with Gasteiger partial charge in [-0.25, -0.2) is 0 Å². The van der Waals surface area contributed by atoms with Gasteiger partial charge < -0.3 is 19.1 Å². The van der Waals surface area contributed by atoms with E-state index in [0.29, 0.717) is 22.5 Å². The van der Waals surface area contributed by atoms with E-state index in [1.165, 1.54) is 21.7 Å². The van der Waals surface area contributed by atoms with Gasteiger partial charge in [-0.3, -0.25) is 0 Å². The van der Waals surface area contributed by atoms with E-state index in [2.05, 4.69) is 71.6 Å². The van der Waals surface area contributed by atoms with Gasteiger partial charge in [-0.2, -0.15) is 0 Å². The molecule has 0 spiro atoms. The Morgan fingerprint density at radius 1 is 0.867 bits per heavy atom. The van der Waals surface area contributed by atoms with E-state index in [-0.39, 0.29) is 0 Å². The minimum atomic E-state index is 0.292. The Hall–Kier alpha value is -2.79. The van der Waals surface area contributed by atoms with Gasteiger partial charge in [0.15, 0.2) is 11.5 Å². The van der Waals surface area contributed by atoms with Crippen LogP contribution in [0.1, 0.15) is 22.8 Å². The second-order valence-corrected chi connectivity index (χ2v) is 8.47. The molecule has 1 heterocycles. The predicted molar refractivity (Wildman–Crippen MR) is 123 cm³/mol. The Morgan fingerprint density at radius 2 is 1.53 bits per heavy atom. The van der Waals surface area contributed by atoms with Crippen molar-refractivity contribution in [1.29, 1.82) is 0 Å². The summed E-state index contributed by atoms with van der Waals surface area (Å²) in [6.45, 7) is 1.88. The van der Waals surface area contributed by atoms with Gasteiger partial charge in [0.1, 0.15) is 0 Å². The van der Waals surface area contributed by atoms with Crippen molar-refractivity contribution in [3.8, 4) is 17.2 Å². The van der Waals surface area contributed by atoms with Crippen molar-refractivity contribution in [3.63, 3.8) is 0 Å². The average Bonchev–Trinajstić information content (AvgIpc) is 2.98. The predicted octanol–water partition coefficient (Wildman–Crippen LogP) is 5.96. The van der Waals surface area contributed by atoms with Crippen LogP contribution >= 0.6 is 11.8 Å². The van der Waals surface area contributed by atoms with Gasteiger partial charge in [-0.05, 0) is 41.8 Å².